The molecule has 0 radical (unpaired) electrons. The molecule has 0 saturated carbocycles. The molecule has 0 spiro atoms. The Bertz CT molecular complexity index is 620. The summed E-state index contributed by atoms with van der Waals surface area (Å²) in [5, 5.41) is 2.57. The molecule has 0 aliphatic carbocycles. The lowest BCUT2D eigenvalue weighted by Crippen LogP contribution is -2.31. The van der Waals surface area contributed by atoms with Crippen molar-refractivity contribution in [1.29, 1.82) is 0 Å². The van der Waals surface area contributed by atoms with Gasteiger partial charge in [0, 0.05) is 6.54 Å². The number of unbranched alkanes of at least 4 members (excludes halogenated alkanes) is 1. The van der Waals surface area contributed by atoms with E-state index in [1.165, 1.54) is 12.0 Å². The zero-order valence-electron chi connectivity index (χ0n) is 12.6. The predicted octanol–water partition coefficient (Wildman–Crippen LogP) is 2.17. The summed E-state index contributed by atoms with van der Waals surface area (Å²) in [7, 11) is 1.32. The molecule has 1 aliphatic heterocycles. The van der Waals surface area contributed by atoms with E-state index in [1.54, 1.807) is 30.3 Å². The van der Waals surface area contributed by atoms with Crippen LogP contribution in [-0.2, 0) is 9.53 Å². The van der Waals surface area contributed by atoms with Crippen molar-refractivity contribution in [2.75, 3.05) is 13.7 Å². The Balaban J connectivity index is 2.14. The van der Waals surface area contributed by atoms with Gasteiger partial charge in [0.15, 0.2) is 0 Å². The highest BCUT2D eigenvalue weighted by atomic mass is 16.5. The number of nitrogens with one attached hydrogen (secondary N) is 1. The zero-order chi connectivity index (χ0) is 16.1. The number of hydrogen-bond acceptors (Lipinski definition) is 4. The number of methoxy groups -OCH3 is 1. The van der Waals surface area contributed by atoms with Gasteiger partial charge in [0.1, 0.15) is 5.70 Å². The summed E-state index contributed by atoms with van der Waals surface area (Å²) < 4.78 is 4.62. The molecule has 1 saturated heterocycles. The normalized spacial score (nSPS) is 16.1. The highest BCUT2D eigenvalue weighted by Crippen LogP contribution is 2.15. The molecule has 1 N–H and O–H groups in total. The number of carbonyl (C=O) groups is 3. The Morgan fingerprint density at radius 2 is 1.95 bits per heavy atom. The van der Waals surface area contributed by atoms with Crippen molar-refractivity contribution in [3.05, 3.63) is 41.1 Å². The minimum atomic E-state index is -0.421. The third-order valence-corrected chi connectivity index (χ3v) is 3.34. The quantitative estimate of drug-likeness (QED) is 0.514. The van der Waals surface area contributed by atoms with Crippen LogP contribution in [0.3, 0.4) is 0 Å². The standard InChI is InChI=1S/C16H18N2O4/c1-3-4-9-18-14(19)13(17-16(18)21)10-11-5-7-12(8-6-11)15(20)22-2/h5-8,10H,3-4,9H2,1-2H3,(H,17,21). The molecule has 1 fully saturated rings. The van der Waals surface area contributed by atoms with Crippen molar-refractivity contribution < 1.29 is 19.1 Å². The Morgan fingerprint density at radius 3 is 2.55 bits per heavy atom. The number of imide groups is 1. The van der Waals surface area contributed by atoms with Crippen LogP contribution in [0.2, 0.25) is 0 Å². The summed E-state index contributed by atoms with van der Waals surface area (Å²) in [6.07, 6.45) is 3.28. The fourth-order valence-electron chi connectivity index (χ4n) is 2.09. The van der Waals surface area contributed by atoms with E-state index in [0.29, 0.717) is 17.7 Å². The molecule has 6 nitrogen and oxygen atoms in total. The van der Waals surface area contributed by atoms with Crippen LogP contribution < -0.4 is 5.32 Å². The molecule has 1 heterocycles. The Labute approximate surface area is 128 Å². The van der Waals surface area contributed by atoms with E-state index in [4.69, 9.17) is 0 Å². The third-order valence-electron chi connectivity index (χ3n) is 3.34. The fraction of sp³-hybridized carbons (Fsp3) is 0.312. The van der Waals surface area contributed by atoms with Crippen LogP contribution in [0.25, 0.3) is 6.08 Å². The van der Waals surface area contributed by atoms with E-state index in [2.05, 4.69) is 10.1 Å². The van der Waals surface area contributed by atoms with E-state index < -0.39 is 12.0 Å². The minimum Gasteiger partial charge on any atom is -0.465 e. The van der Waals surface area contributed by atoms with Crippen molar-refractivity contribution >= 4 is 24.0 Å². The van der Waals surface area contributed by atoms with Crippen molar-refractivity contribution in [3.8, 4) is 0 Å². The maximum Gasteiger partial charge on any atom is 0.337 e. The molecular formula is C16H18N2O4. The number of esters is 1. The number of urea groups is 1. The fourth-order valence-corrected chi connectivity index (χ4v) is 2.09. The molecule has 0 aromatic heterocycles. The Kier molecular flexibility index (Phi) is 4.93. The highest BCUT2D eigenvalue weighted by Gasteiger charge is 2.32. The van der Waals surface area contributed by atoms with E-state index in [1.807, 2.05) is 6.92 Å². The van der Waals surface area contributed by atoms with E-state index in [0.717, 1.165) is 12.8 Å². The molecular weight excluding hydrogens is 284 g/mol. The first-order valence-electron chi connectivity index (χ1n) is 7.09. The molecule has 3 amide bonds. The van der Waals surface area contributed by atoms with Crippen molar-refractivity contribution in [2.24, 2.45) is 0 Å². The molecule has 0 unspecified atom stereocenters. The Hall–Kier alpha value is -2.63. The summed E-state index contributed by atoms with van der Waals surface area (Å²) >= 11 is 0. The smallest absolute Gasteiger partial charge is 0.337 e. The van der Waals surface area contributed by atoms with Gasteiger partial charge < -0.3 is 10.1 Å². The second-order valence-electron chi connectivity index (χ2n) is 4.91. The molecule has 1 aromatic carbocycles. The average molecular weight is 302 g/mol. The van der Waals surface area contributed by atoms with Crippen molar-refractivity contribution in [3.63, 3.8) is 0 Å². The lowest BCUT2D eigenvalue weighted by Gasteiger charge is -2.09. The SMILES string of the molecule is CCCCN1C(=O)NC(=Cc2ccc(C(=O)OC)cc2)C1=O. The van der Waals surface area contributed by atoms with E-state index in [9.17, 15) is 14.4 Å². The first kappa shape index (κ1) is 15.8. The number of amides is 3. The second-order valence-corrected chi connectivity index (χ2v) is 4.91. The summed E-state index contributed by atoms with van der Waals surface area (Å²) in [6.45, 7) is 2.41. The summed E-state index contributed by atoms with van der Waals surface area (Å²) in [4.78, 5) is 36.5. The van der Waals surface area contributed by atoms with Crippen LogP contribution >= 0.6 is 0 Å². The van der Waals surface area contributed by atoms with Gasteiger partial charge in [-0.1, -0.05) is 25.5 Å². The van der Waals surface area contributed by atoms with Gasteiger partial charge in [-0.15, -0.1) is 0 Å². The van der Waals surface area contributed by atoms with Gasteiger partial charge in [-0.25, -0.2) is 9.59 Å². The third kappa shape index (κ3) is 3.33. The van der Waals surface area contributed by atoms with Crippen molar-refractivity contribution in [2.45, 2.75) is 19.8 Å². The maximum absolute atomic E-state index is 12.1. The number of rotatable bonds is 5. The molecule has 1 aromatic rings. The minimum absolute atomic E-state index is 0.243. The predicted molar refractivity (Wildman–Crippen MR) is 80.9 cm³/mol. The van der Waals surface area contributed by atoms with E-state index >= 15 is 0 Å². The van der Waals surface area contributed by atoms with Gasteiger partial charge in [-0.05, 0) is 30.2 Å². The monoisotopic (exact) mass is 302 g/mol. The van der Waals surface area contributed by atoms with Crippen LogP contribution in [0.5, 0.6) is 0 Å². The number of carbonyl (C=O) groups excluding carboxylic acids is 3. The Morgan fingerprint density at radius 1 is 1.27 bits per heavy atom. The second kappa shape index (κ2) is 6.89. The average Bonchev–Trinajstić information content (AvgIpc) is 2.79. The topological polar surface area (TPSA) is 75.7 Å². The molecule has 0 atom stereocenters. The van der Waals surface area contributed by atoms with Crippen LogP contribution in [0.4, 0.5) is 4.79 Å². The summed E-state index contributed by atoms with van der Waals surface area (Å²) in [6, 6.07) is 6.19. The zero-order valence-corrected chi connectivity index (χ0v) is 12.6. The molecule has 2 rings (SSSR count). The maximum atomic E-state index is 12.1. The van der Waals surface area contributed by atoms with Gasteiger partial charge in [0.05, 0.1) is 12.7 Å². The number of benzene rings is 1. The van der Waals surface area contributed by atoms with Crippen molar-refractivity contribution in [1.82, 2.24) is 10.2 Å². The first-order valence-corrected chi connectivity index (χ1v) is 7.09. The molecule has 22 heavy (non-hydrogen) atoms. The summed E-state index contributed by atoms with van der Waals surface area (Å²) in [5.74, 6) is -0.745. The summed E-state index contributed by atoms with van der Waals surface area (Å²) in [5.41, 5.74) is 1.39. The van der Waals surface area contributed by atoms with Crippen LogP contribution in [0.15, 0.2) is 30.0 Å². The van der Waals surface area contributed by atoms with Gasteiger partial charge in [-0.2, -0.15) is 0 Å². The number of hydrogen-bond donors (Lipinski definition) is 1. The molecule has 0 bridgehead atoms. The lowest BCUT2D eigenvalue weighted by atomic mass is 10.1. The molecule has 116 valence electrons. The van der Waals surface area contributed by atoms with Crippen LogP contribution in [-0.4, -0.2) is 36.5 Å². The van der Waals surface area contributed by atoms with Gasteiger partial charge in [-0.3, -0.25) is 9.69 Å². The highest BCUT2D eigenvalue weighted by molar-refractivity contribution is 6.13. The van der Waals surface area contributed by atoms with Gasteiger partial charge in [0.25, 0.3) is 5.91 Å². The lowest BCUT2D eigenvalue weighted by molar-refractivity contribution is -0.122. The first-order chi connectivity index (χ1) is 10.6. The van der Waals surface area contributed by atoms with Gasteiger partial charge >= 0.3 is 12.0 Å². The van der Waals surface area contributed by atoms with E-state index in [-0.39, 0.29) is 11.6 Å². The number of nitrogens with zero attached hydrogens (tertiary/aromatic N) is 1. The number of ether oxygens (including phenoxy) is 1. The van der Waals surface area contributed by atoms with Gasteiger partial charge in [0.2, 0.25) is 0 Å². The largest absolute Gasteiger partial charge is 0.465 e. The molecule has 1 aliphatic rings. The van der Waals surface area contributed by atoms with Crippen LogP contribution in [0, 0.1) is 0 Å². The molecule has 6 heteroatoms. The van der Waals surface area contributed by atoms with Crippen LogP contribution in [0.1, 0.15) is 35.7 Å².